The maximum atomic E-state index is 12.8. The largest absolute Gasteiger partial charge is 0.338 e. The fraction of sp³-hybridized carbons (Fsp3) is 0.500. The quantitative estimate of drug-likeness (QED) is 0.805. The van der Waals surface area contributed by atoms with Crippen molar-refractivity contribution in [2.45, 2.75) is 27.2 Å². The van der Waals surface area contributed by atoms with Crippen LogP contribution in [0.5, 0.6) is 0 Å². The smallest absolute Gasteiger partial charge is 0.255 e. The van der Waals surface area contributed by atoms with Gasteiger partial charge in [-0.1, -0.05) is 31.8 Å². The summed E-state index contributed by atoms with van der Waals surface area (Å²) in [5, 5.41) is 0. The Labute approximate surface area is 127 Å². The third-order valence-corrected chi connectivity index (χ3v) is 3.89. The Morgan fingerprint density at radius 3 is 2.62 bits per heavy atom. The van der Waals surface area contributed by atoms with Crippen LogP contribution in [-0.4, -0.2) is 30.4 Å². The molecule has 0 bridgehead atoms. The Hall–Kier alpha value is -1.79. The summed E-state index contributed by atoms with van der Waals surface area (Å²) in [7, 11) is 0. The van der Waals surface area contributed by atoms with E-state index in [0.717, 1.165) is 24.2 Å². The number of nitrogens with two attached hydrogens (primary N) is 1. The molecule has 2 atom stereocenters. The summed E-state index contributed by atoms with van der Waals surface area (Å²) in [5.41, 5.74) is 8.04. The first-order chi connectivity index (χ1) is 10.0. The van der Waals surface area contributed by atoms with Crippen LogP contribution in [0, 0.1) is 30.6 Å². The Kier molecular flexibility index (Phi) is 5.03. The number of benzene rings is 1. The van der Waals surface area contributed by atoms with Crippen LogP contribution in [0.25, 0.3) is 0 Å². The Bertz CT molecular complexity index is 573. The number of carbonyl (C=O) groups is 1. The molecular formula is C18H24N2O. The van der Waals surface area contributed by atoms with Crippen LogP contribution < -0.4 is 5.73 Å². The van der Waals surface area contributed by atoms with Gasteiger partial charge >= 0.3 is 0 Å². The molecule has 0 radical (unpaired) electrons. The zero-order chi connectivity index (χ0) is 15.4. The zero-order valence-corrected chi connectivity index (χ0v) is 13.1. The Balaban J connectivity index is 2.30. The van der Waals surface area contributed by atoms with E-state index in [-0.39, 0.29) is 5.91 Å². The van der Waals surface area contributed by atoms with Crippen LogP contribution in [0.2, 0.25) is 0 Å². The lowest BCUT2D eigenvalue weighted by atomic mass is 9.91. The SMILES string of the molecule is Cc1ccc(C(=O)N2CC(C)CC(C)C2)c(C#CCN)c1. The number of amides is 1. The molecule has 2 unspecified atom stereocenters. The van der Waals surface area contributed by atoms with Gasteiger partial charge in [-0.25, -0.2) is 0 Å². The number of aryl methyl sites for hydroxylation is 1. The summed E-state index contributed by atoms with van der Waals surface area (Å²) in [6, 6.07) is 5.83. The summed E-state index contributed by atoms with van der Waals surface area (Å²) in [4.78, 5) is 14.8. The van der Waals surface area contributed by atoms with Crippen molar-refractivity contribution in [1.29, 1.82) is 0 Å². The van der Waals surface area contributed by atoms with Gasteiger partial charge in [-0.05, 0) is 42.9 Å². The molecule has 3 nitrogen and oxygen atoms in total. The zero-order valence-electron chi connectivity index (χ0n) is 13.1. The number of nitrogens with zero attached hydrogens (tertiary/aromatic N) is 1. The van der Waals surface area contributed by atoms with Crippen molar-refractivity contribution in [3.63, 3.8) is 0 Å². The van der Waals surface area contributed by atoms with Gasteiger partial charge in [0.15, 0.2) is 0 Å². The fourth-order valence-electron chi connectivity index (χ4n) is 3.09. The van der Waals surface area contributed by atoms with Crippen molar-refractivity contribution in [2.24, 2.45) is 17.6 Å². The van der Waals surface area contributed by atoms with Crippen LogP contribution in [0.1, 0.15) is 41.8 Å². The molecule has 0 aliphatic carbocycles. The average molecular weight is 284 g/mol. The van der Waals surface area contributed by atoms with Crippen LogP contribution >= 0.6 is 0 Å². The molecule has 0 spiro atoms. The molecule has 1 aliphatic rings. The highest BCUT2D eigenvalue weighted by atomic mass is 16.2. The average Bonchev–Trinajstić information content (AvgIpc) is 2.43. The van der Waals surface area contributed by atoms with E-state index in [9.17, 15) is 4.79 Å². The first kappa shape index (κ1) is 15.6. The van der Waals surface area contributed by atoms with E-state index in [1.54, 1.807) is 0 Å². The van der Waals surface area contributed by atoms with Crippen LogP contribution in [0.15, 0.2) is 18.2 Å². The van der Waals surface area contributed by atoms with Gasteiger partial charge in [0.25, 0.3) is 5.91 Å². The summed E-state index contributed by atoms with van der Waals surface area (Å²) in [5.74, 6) is 7.09. The van der Waals surface area contributed by atoms with Gasteiger partial charge in [0.05, 0.1) is 12.1 Å². The van der Waals surface area contributed by atoms with Gasteiger partial charge in [-0.3, -0.25) is 4.79 Å². The second-order valence-electron chi connectivity index (χ2n) is 6.21. The van der Waals surface area contributed by atoms with Gasteiger partial charge in [0, 0.05) is 18.7 Å². The minimum atomic E-state index is 0.0923. The van der Waals surface area contributed by atoms with Crippen molar-refractivity contribution >= 4 is 5.91 Å². The molecule has 3 heteroatoms. The predicted molar refractivity (Wildman–Crippen MR) is 86.0 cm³/mol. The number of carbonyl (C=O) groups excluding carboxylic acids is 1. The van der Waals surface area contributed by atoms with Crippen LogP contribution in [0.3, 0.4) is 0 Å². The van der Waals surface area contributed by atoms with Crippen LogP contribution in [-0.2, 0) is 0 Å². The molecule has 1 aliphatic heterocycles. The molecule has 0 aromatic heterocycles. The number of piperidine rings is 1. The Morgan fingerprint density at radius 1 is 1.33 bits per heavy atom. The number of rotatable bonds is 1. The van der Waals surface area contributed by atoms with Gasteiger partial charge in [-0.2, -0.15) is 0 Å². The fourth-order valence-corrected chi connectivity index (χ4v) is 3.09. The molecule has 1 saturated heterocycles. The van der Waals surface area contributed by atoms with Gasteiger partial charge in [0.1, 0.15) is 0 Å². The highest BCUT2D eigenvalue weighted by Crippen LogP contribution is 2.23. The lowest BCUT2D eigenvalue weighted by Gasteiger charge is -2.35. The normalized spacial score (nSPS) is 21.6. The van der Waals surface area contributed by atoms with E-state index in [2.05, 4.69) is 25.7 Å². The first-order valence-electron chi connectivity index (χ1n) is 7.60. The summed E-state index contributed by atoms with van der Waals surface area (Å²) >= 11 is 0. The lowest BCUT2D eigenvalue weighted by molar-refractivity contribution is 0.0623. The van der Waals surface area contributed by atoms with E-state index in [1.165, 1.54) is 6.42 Å². The highest BCUT2D eigenvalue weighted by Gasteiger charge is 2.27. The van der Waals surface area contributed by atoms with Gasteiger partial charge in [0.2, 0.25) is 0 Å². The van der Waals surface area contributed by atoms with Crippen molar-refractivity contribution < 1.29 is 4.79 Å². The van der Waals surface area contributed by atoms with E-state index >= 15 is 0 Å². The van der Waals surface area contributed by atoms with Gasteiger partial charge < -0.3 is 10.6 Å². The predicted octanol–water partition coefficient (Wildman–Crippen LogP) is 2.42. The molecule has 0 saturated carbocycles. The number of likely N-dealkylation sites (tertiary alicyclic amines) is 1. The summed E-state index contributed by atoms with van der Waals surface area (Å²) in [6.07, 6.45) is 1.19. The standard InChI is InChI=1S/C18H24N2O/c1-13-6-7-17(16(10-13)5-4-8-19)18(21)20-11-14(2)9-15(3)12-20/h6-7,10,14-15H,8-9,11-12,19H2,1-3H3. The second kappa shape index (κ2) is 6.78. The molecule has 1 amide bonds. The molecule has 2 N–H and O–H groups in total. The van der Waals surface area contributed by atoms with E-state index in [0.29, 0.717) is 23.9 Å². The highest BCUT2D eigenvalue weighted by molar-refractivity contribution is 5.97. The second-order valence-corrected chi connectivity index (χ2v) is 6.21. The number of hydrogen-bond acceptors (Lipinski definition) is 2. The lowest BCUT2D eigenvalue weighted by Crippen LogP contribution is -2.42. The summed E-state index contributed by atoms with van der Waals surface area (Å²) in [6.45, 7) is 8.40. The molecule has 1 heterocycles. The van der Waals surface area contributed by atoms with E-state index < -0.39 is 0 Å². The van der Waals surface area contributed by atoms with Crippen LogP contribution in [0.4, 0.5) is 0 Å². The Morgan fingerprint density at radius 2 is 2.00 bits per heavy atom. The molecular weight excluding hydrogens is 260 g/mol. The van der Waals surface area contributed by atoms with E-state index in [4.69, 9.17) is 5.73 Å². The third kappa shape index (κ3) is 3.86. The van der Waals surface area contributed by atoms with E-state index in [1.807, 2.05) is 30.0 Å². The van der Waals surface area contributed by atoms with Crippen molar-refractivity contribution in [3.8, 4) is 11.8 Å². The molecule has 21 heavy (non-hydrogen) atoms. The first-order valence-corrected chi connectivity index (χ1v) is 7.60. The molecule has 112 valence electrons. The maximum Gasteiger partial charge on any atom is 0.255 e. The monoisotopic (exact) mass is 284 g/mol. The molecule has 1 aromatic rings. The summed E-state index contributed by atoms with van der Waals surface area (Å²) < 4.78 is 0. The molecule has 1 fully saturated rings. The topological polar surface area (TPSA) is 46.3 Å². The molecule has 2 rings (SSSR count). The maximum absolute atomic E-state index is 12.8. The number of hydrogen-bond donors (Lipinski definition) is 1. The minimum Gasteiger partial charge on any atom is -0.338 e. The van der Waals surface area contributed by atoms with Crippen molar-refractivity contribution in [1.82, 2.24) is 4.90 Å². The minimum absolute atomic E-state index is 0.0923. The van der Waals surface area contributed by atoms with Crippen molar-refractivity contribution in [3.05, 3.63) is 34.9 Å². The van der Waals surface area contributed by atoms with Gasteiger partial charge in [-0.15, -0.1) is 0 Å². The third-order valence-electron chi connectivity index (χ3n) is 3.89. The van der Waals surface area contributed by atoms with Crippen molar-refractivity contribution in [2.75, 3.05) is 19.6 Å². The molecule has 1 aromatic carbocycles.